The first-order valence-corrected chi connectivity index (χ1v) is 6.06. The summed E-state index contributed by atoms with van der Waals surface area (Å²) in [5, 5.41) is 0. The van der Waals surface area contributed by atoms with Crippen molar-refractivity contribution < 1.29 is 4.79 Å². The molecule has 1 aromatic carbocycles. The van der Waals surface area contributed by atoms with Crippen LogP contribution in [0.5, 0.6) is 0 Å². The van der Waals surface area contributed by atoms with E-state index in [1.165, 1.54) is 0 Å². The molecule has 0 atom stereocenters. The number of benzene rings is 1. The SMILES string of the molecule is CC1(C)CCCN1C(=O)c1cccc(S)c1. The van der Waals surface area contributed by atoms with Crippen LogP contribution in [0.1, 0.15) is 37.0 Å². The highest BCUT2D eigenvalue weighted by molar-refractivity contribution is 7.80. The first-order valence-electron chi connectivity index (χ1n) is 5.62. The Balaban J connectivity index is 2.26. The molecule has 0 saturated carbocycles. The van der Waals surface area contributed by atoms with E-state index in [9.17, 15) is 4.79 Å². The zero-order valence-electron chi connectivity index (χ0n) is 9.73. The summed E-state index contributed by atoms with van der Waals surface area (Å²) in [6.07, 6.45) is 2.18. The second kappa shape index (κ2) is 4.13. The summed E-state index contributed by atoms with van der Waals surface area (Å²) >= 11 is 4.26. The molecule has 3 heteroatoms. The molecule has 1 amide bonds. The van der Waals surface area contributed by atoms with Crippen molar-refractivity contribution in [2.24, 2.45) is 0 Å². The number of carbonyl (C=O) groups is 1. The van der Waals surface area contributed by atoms with Gasteiger partial charge in [-0.1, -0.05) is 6.07 Å². The smallest absolute Gasteiger partial charge is 0.254 e. The molecule has 0 unspecified atom stereocenters. The number of hydrogen-bond donors (Lipinski definition) is 1. The predicted molar refractivity (Wildman–Crippen MR) is 68.0 cm³/mol. The van der Waals surface area contributed by atoms with Crippen LogP contribution in [0.4, 0.5) is 0 Å². The molecule has 0 spiro atoms. The minimum Gasteiger partial charge on any atom is -0.334 e. The summed E-state index contributed by atoms with van der Waals surface area (Å²) in [4.78, 5) is 15.1. The van der Waals surface area contributed by atoms with E-state index in [0.29, 0.717) is 0 Å². The molecule has 0 radical (unpaired) electrons. The molecular formula is C13H17NOS. The monoisotopic (exact) mass is 235 g/mol. The quantitative estimate of drug-likeness (QED) is 0.742. The Morgan fingerprint density at radius 1 is 1.44 bits per heavy atom. The number of hydrogen-bond acceptors (Lipinski definition) is 2. The molecule has 1 aliphatic rings. The van der Waals surface area contributed by atoms with Gasteiger partial charge in [0.1, 0.15) is 0 Å². The van der Waals surface area contributed by atoms with Crippen LogP contribution in [0.2, 0.25) is 0 Å². The Hall–Kier alpha value is -0.960. The molecule has 2 nitrogen and oxygen atoms in total. The Kier molecular flexibility index (Phi) is 2.98. The van der Waals surface area contributed by atoms with Gasteiger partial charge in [-0.3, -0.25) is 4.79 Å². The summed E-state index contributed by atoms with van der Waals surface area (Å²) in [5.74, 6) is 0.124. The summed E-state index contributed by atoms with van der Waals surface area (Å²) in [6.45, 7) is 5.12. The van der Waals surface area contributed by atoms with Crippen LogP contribution in [0.15, 0.2) is 29.2 Å². The summed E-state index contributed by atoms with van der Waals surface area (Å²) in [5.41, 5.74) is 0.728. The van der Waals surface area contributed by atoms with Gasteiger partial charge in [-0.15, -0.1) is 12.6 Å². The maximum absolute atomic E-state index is 12.3. The zero-order chi connectivity index (χ0) is 11.8. The first kappa shape index (κ1) is 11.5. The van der Waals surface area contributed by atoms with Crippen LogP contribution in [0, 0.1) is 0 Å². The zero-order valence-corrected chi connectivity index (χ0v) is 10.6. The van der Waals surface area contributed by atoms with Crippen molar-refractivity contribution >= 4 is 18.5 Å². The lowest BCUT2D eigenvalue weighted by Crippen LogP contribution is -2.42. The lowest BCUT2D eigenvalue weighted by Gasteiger charge is -2.31. The molecule has 1 saturated heterocycles. The average Bonchev–Trinajstić information content (AvgIpc) is 2.57. The van der Waals surface area contributed by atoms with Crippen molar-refractivity contribution in [2.45, 2.75) is 37.1 Å². The third kappa shape index (κ3) is 2.09. The van der Waals surface area contributed by atoms with E-state index in [4.69, 9.17) is 0 Å². The Bertz CT molecular complexity index is 414. The van der Waals surface area contributed by atoms with Crippen LogP contribution < -0.4 is 0 Å². The van der Waals surface area contributed by atoms with E-state index in [2.05, 4.69) is 26.5 Å². The van der Waals surface area contributed by atoms with E-state index in [1.807, 2.05) is 29.2 Å². The number of nitrogens with zero attached hydrogens (tertiary/aromatic N) is 1. The van der Waals surface area contributed by atoms with E-state index in [0.717, 1.165) is 29.8 Å². The second-order valence-corrected chi connectivity index (χ2v) is 5.44. The lowest BCUT2D eigenvalue weighted by atomic mass is 10.0. The molecule has 0 N–H and O–H groups in total. The van der Waals surface area contributed by atoms with Gasteiger partial charge in [0.05, 0.1) is 0 Å². The van der Waals surface area contributed by atoms with Crippen molar-refractivity contribution in [1.82, 2.24) is 4.90 Å². The Morgan fingerprint density at radius 2 is 2.19 bits per heavy atom. The highest BCUT2D eigenvalue weighted by Crippen LogP contribution is 2.29. The van der Waals surface area contributed by atoms with Gasteiger partial charge < -0.3 is 4.90 Å². The van der Waals surface area contributed by atoms with Crippen LogP contribution in [-0.2, 0) is 0 Å². The van der Waals surface area contributed by atoms with Gasteiger partial charge in [-0.2, -0.15) is 0 Å². The molecule has 0 aliphatic carbocycles. The fourth-order valence-electron chi connectivity index (χ4n) is 2.28. The molecular weight excluding hydrogens is 218 g/mol. The van der Waals surface area contributed by atoms with Crippen molar-refractivity contribution in [3.8, 4) is 0 Å². The van der Waals surface area contributed by atoms with Gasteiger partial charge in [0, 0.05) is 22.5 Å². The minimum atomic E-state index is -0.0102. The first-order chi connectivity index (χ1) is 7.50. The van der Waals surface area contributed by atoms with Crippen LogP contribution in [0.25, 0.3) is 0 Å². The van der Waals surface area contributed by atoms with Crippen molar-refractivity contribution in [3.63, 3.8) is 0 Å². The standard InChI is InChI=1S/C13H17NOS/c1-13(2)7-4-8-14(13)12(15)10-5-3-6-11(16)9-10/h3,5-6,9,16H,4,7-8H2,1-2H3. The molecule has 1 fully saturated rings. The summed E-state index contributed by atoms with van der Waals surface area (Å²) in [6, 6.07) is 7.45. The second-order valence-electron chi connectivity index (χ2n) is 4.92. The van der Waals surface area contributed by atoms with Gasteiger partial charge in [-0.05, 0) is 44.9 Å². The number of thiol groups is 1. The third-order valence-corrected chi connectivity index (χ3v) is 3.52. The van der Waals surface area contributed by atoms with E-state index in [1.54, 1.807) is 0 Å². The van der Waals surface area contributed by atoms with Gasteiger partial charge in [-0.25, -0.2) is 0 Å². The number of rotatable bonds is 1. The normalized spacial score (nSPS) is 18.8. The maximum Gasteiger partial charge on any atom is 0.254 e. The molecule has 1 heterocycles. The average molecular weight is 235 g/mol. The predicted octanol–water partition coefficient (Wildman–Crippen LogP) is 2.99. The van der Waals surface area contributed by atoms with Crippen LogP contribution >= 0.6 is 12.6 Å². The molecule has 2 rings (SSSR count). The Morgan fingerprint density at radius 3 is 2.75 bits per heavy atom. The van der Waals surface area contributed by atoms with Crippen LogP contribution in [0.3, 0.4) is 0 Å². The van der Waals surface area contributed by atoms with Crippen molar-refractivity contribution in [2.75, 3.05) is 6.54 Å². The summed E-state index contributed by atoms with van der Waals surface area (Å²) < 4.78 is 0. The van der Waals surface area contributed by atoms with Gasteiger partial charge >= 0.3 is 0 Å². The van der Waals surface area contributed by atoms with E-state index in [-0.39, 0.29) is 11.4 Å². The Labute approximate surface area is 102 Å². The molecule has 0 aromatic heterocycles. The van der Waals surface area contributed by atoms with Gasteiger partial charge in [0.25, 0.3) is 5.91 Å². The molecule has 1 aromatic rings. The number of carbonyl (C=O) groups excluding carboxylic acids is 1. The largest absolute Gasteiger partial charge is 0.334 e. The molecule has 1 aliphatic heterocycles. The van der Waals surface area contributed by atoms with Crippen molar-refractivity contribution in [3.05, 3.63) is 29.8 Å². The third-order valence-electron chi connectivity index (χ3n) is 3.24. The molecule has 16 heavy (non-hydrogen) atoms. The number of amides is 1. The molecule has 0 bridgehead atoms. The van der Waals surface area contributed by atoms with Gasteiger partial charge in [0.15, 0.2) is 0 Å². The maximum atomic E-state index is 12.3. The lowest BCUT2D eigenvalue weighted by molar-refractivity contribution is 0.0651. The van der Waals surface area contributed by atoms with Gasteiger partial charge in [0.2, 0.25) is 0 Å². The number of likely N-dealkylation sites (tertiary alicyclic amines) is 1. The van der Waals surface area contributed by atoms with E-state index >= 15 is 0 Å². The fourth-order valence-corrected chi connectivity index (χ4v) is 2.50. The van der Waals surface area contributed by atoms with E-state index < -0.39 is 0 Å². The summed E-state index contributed by atoms with van der Waals surface area (Å²) in [7, 11) is 0. The molecule has 86 valence electrons. The van der Waals surface area contributed by atoms with Crippen LogP contribution in [-0.4, -0.2) is 22.9 Å². The topological polar surface area (TPSA) is 20.3 Å². The fraction of sp³-hybridized carbons (Fsp3) is 0.462. The highest BCUT2D eigenvalue weighted by Gasteiger charge is 2.35. The minimum absolute atomic E-state index is 0.0102. The highest BCUT2D eigenvalue weighted by atomic mass is 32.1. The van der Waals surface area contributed by atoms with Crippen molar-refractivity contribution in [1.29, 1.82) is 0 Å².